The molecule has 0 spiro atoms. The molecule has 1 heterocycles. The molecule has 0 aliphatic heterocycles. The Morgan fingerprint density at radius 1 is 1.06 bits per heavy atom. The van der Waals surface area contributed by atoms with Crippen LogP contribution < -0.4 is 5.32 Å². The predicted molar refractivity (Wildman–Crippen MR) is 115 cm³/mol. The first-order valence-electron chi connectivity index (χ1n) is 10.0. The highest BCUT2D eigenvalue weighted by Gasteiger charge is 2.43. The summed E-state index contributed by atoms with van der Waals surface area (Å²) in [4.78, 5) is 25.0. The number of nitrogens with zero attached hydrogens (tertiary/aromatic N) is 2. The molecule has 1 unspecified atom stereocenters. The van der Waals surface area contributed by atoms with Gasteiger partial charge in [0.25, 0.3) is 5.91 Å². The number of aromatic nitrogens is 2. The molecule has 3 aromatic rings. The molecule has 174 valence electrons. The van der Waals surface area contributed by atoms with Gasteiger partial charge in [-0.25, -0.2) is 13.9 Å². The third kappa shape index (κ3) is 4.47. The van der Waals surface area contributed by atoms with Crippen molar-refractivity contribution in [1.29, 1.82) is 0 Å². The van der Waals surface area contributed by atoms with Gasteiger partial charge in [-0.2, -0.15) is 18.3 Å². The van der Waals surface area contributed by atoms with Crippen molar-refractivity contribution in [2.75, 3.05) is 0 Å². The Morgan fingerprint density at radius 2 is 1.74 bits per heavy atom. The normalized spacial score (nSPS) is 17.8. The van der Waals surface area contributed by atoms with Gasteiger partial charge in [-0.05, 0) is 41.5 Å². The number of rotatable bonds is 5. The van der Waals surface area contributed by atoms with E-state index in [9.17, 15) is 32.3 Å². The number of allylic oxidation sites excluding steroid dienone is 2. The molecule has 2 N–H and O–H groups in total. The van der Waals surface area contributed by atoms with E-state index in [1.54, 1.807) is 6.08 Å². The van der Waals surface area contributed by atoms with Gasteiger partial charge in [0.05, 0.1) is 11.3 Å². The van der Waals surface area contributed by atoms with Crippen LogP contribution >= 0.6 is 0 Å². The summed E-state index contributed by atoms with van der Waals surface area (Å²) in [5, 5.41) is 15.5. The van der Waals surface area contributed by atoms with Gasteiger partial charge in [-0.15, -0.1) is 0 Å². The lowest BCUT2D eigenvalue weighted by atomic mass is 9.86. The second-order valence-electron chi connectivity index (χ2n) is 7.60. The van der Waals surface area contributed by atoms with E-state index in [1.165, 1.54) is 24.3 Å². The SMILES string of the molecule is O=C(NC1(C(=O)O)C=CC(c2ccccc2)=CC1)c1cn(-c2ccc(F)cc2)nc1C(F)(F)F. The van der Waals surface area contributed by atoms with E-state index >= 15 is 0 Å². The van der Waals surface area contributed by atoms with Crippen molar-refractivity contribution in [3.05, 3.63) is 102 Å². The molecule has 0 saturated heterocycles. The molecule has 1 atom stereocenters. The fraction of sp³-hybridized carbons (Fsp3) is 0.125. The maximum Gasteiger partial charge on any atom is 0.435 e. The first kappa shape index (κ1) is 23.0. The average Bonchev–Trinajstić information content (AvgIpc) is 3.27. The van der Waals surface area contributed by atoms with Gasteiger partial charge in [-0.1, -0.05) is 42.5 Å². The van der Waals surface area contributed by atoms with E-state index in [2.05, 4.69) is 10.4 Å². The van der Waals surface area contributed by atoms with Gasteiger partial charge in [0.1, 0.15) is 5.82 Å². The largest absolute Gasteiger partial charge is 0.479 e. The number of benzene rings is 2. The van der Waals surface area contributed by atoms with Crippen LogP contribution in [0.4, 0.5) is 17.6 Å². The summed E-state index contributed by atoms with van der Waals surface area (Å²) in [5.41, 5.74) is -2.67. The third-order valence-electron chi connectivity index (χ3n) is 5.34. The minimum atomic E-state index is -4.99. The van der Waals surface area contributed by atoms with Gasteiger partial charge in [0.15, 0.2) is 11.2 Å². The molecule has 1 aromatic heterocycles. The van der Waals surface area contributed by atoms with E-state index < -0.39 is 40.7 Å². The number of aliphatic carboxylic acids is 1. The Bertz CT molecular complexity index is 1300. The first-order valence-corrected chi connectivity index (χ1v) is 10.0. The topological polar surface area (TPSA) is 84.2 Å². The lowest BCUT2D eigenvalue weighted by Gasteiger charge is -2.29. The fourth-order valence-electron chi connectivity index (χ4n) is 3.53. The molecule has 4 rings (SSSR count). The molecule has 1 aliphatic rings. The van der Waals surface area contributed by atoms with Crippen LogP contribution in [0.1, 0.15) is 28.0 Å². The minimum absolute atomic E-state index is 0.0897. The molecular weight excluding hydrogens is 454 g/mol. The highest BCUT2D eigenvalue weighted by molar-refractivity contribution is 6.00. The van der Waals surface area contributed by atoms with Crippen molar-refractivity contribution in [2.24, 2.45) is 0 Å². The van der Waals surface area contributed by atoms with Crippen LogP contribution in [0.3, 0.4) is 0 Å². The van der Waals surface area contributed by atoms with Crippen molar-refractivity contribution < 1.29 is 32.3 Å². The number of halogens is 4. The summed E-state index contributed by atoms with van der Waals surface area (Å²) in [6.45, 7) is 0. The van der Waals surface area contributed by atoms with E-state index in [0.29, 0.717) is 5.57 Å². The first-order chi connectivity index (χ1) is 16.1. The van der Waals surface area contributed by atoms with Crippen LogP contribution in [0.25, 0.3) is 11.3 Å². The number of carboxylic acid groups (broad SMARTS) is 1. The molecule has 0 bridgehead atoms. The lowest BCUT2D eigenvalue weighted by Crippen LogP contribution is -2.53. The maximum atomic E-state index is 13.6. The minimum Gasteiger partial charge on any atom is -0.479 e. The molecule has 6 nitrogen and oxygen atoms in total. The summed E-state index contributed by atoms with van der Waals surface area (Å²) in [5.74, 6) is -3.29. The van der Waals surface area contributed by atoms with Crippen LogP contribution in [-0.2, 0) is 11.0 Å². The number of nitrogens with one attached hydrogen (secondary N) is 1. The van der Waals surface area contributed by atoms with Crippen molar-refractivity contribution in [3.63, 3.8) is 0 Å². The molecule has 34 heavy (non-hydrogen) atoms. The zero-order valence-electron chi connectivity index (χ0n) is 17.4. The predicted octanol–water partition coefficient (Wildman–Crippen LogP) is 4.63. The van der Waals surface area contributed by atoms with E-state index in [0.717, 1.165) is 28.6 Å². The number of carbonyl (C=O) groups is 2. The Labute approximate surface area is 190 Å². The highest BCUT2D eigenvalue weighted by Crippen LogP contribution is 2.33. The summed E-state index contributed by atoms with van der Waals surface area (Å²) < 4.78 is 54.8. The number of carbonyl (C=O) groups excluding carboxylic acids is 1. The lowest BCUT2D eigenvalue weighted by molar-refractivity contribution is -0.142. The van der Waals surface area contributed by atoms with Crippen LogP contribution in [0.5, 0.6) is 0 Å². The summed E-state index contributed by atoms with van der Waals surface area (Å²) in [7, 11) is 0. The smallest absolute Gasteiger partial charge is 0.435 e. The van der Waals surface area contributed by atoms with Gasteiger partial charge in [-0.3, -0.25) is 4.79 Å². The molecule has 1 aliphatic carbocycles. The number of hydrogen-bond acceptors (Lipinski definition) is 3. The second kappa shape index (κ2) is 8.62. The molecule has 0 saturated carbocycles. The maximum absolute atomic E-state index is 13.6. The Kier molecular flexibility index (Phi) is 5.82. The monoisotopic (exact) mass is 471 g/mol. The molecule has 10 heteroatoms. The zero-order valence-corrected chi connectivity index (χ0v) is 17.4. The van der Waals surface area contributed by atoms with Crippen LogP contribution in [0, 0.1) is 5.82 Å². The summed E-state index contributed by atoms with van der Waals surface area (Å²) >= 11 is 0. The number of carboxylic acids is 1. The van der Waals surface area contributed by atoms with Crippen molar-refractivity contribution in [3.8, 4) is 5.69 Å². The van der Waals surface area contributed by atoms with E-state index in [-0.39, 0.29) is 12.1 Å². The molecule has 1 amide bonds. The molecule has 0 fully saturated rings. The molecule has 0 radical (unpaired) electrons. The van der Waals surface area contributed by atoms with Crippen molar-refractivity contribution in [2.45, 2.75) is 18.1 Å². The molecular formula is C24H17F4N3O3. The van der Waals surface area contributed by atoms with Crippen LogP contribution in [0.2, 0.25) is 0 Å². The Balaban J connectivity index is 1.65. The fourth-order valence-corrected chi connectivity index (χ4v) is 3.53. The molecule has 2 aromatic carbocycles. The number of amides is 1. The van der Waals surface area contributed by atoms with E-state index in [1.807, 2.05) is 30.3 Å². The van der Waals surface area contributed by atoms with Gasteiger partial charge in [0, 0.05) is 12.6 Å². The van der Waals surface area contributed by atoms with Gasteiger partial charge < -0.3 is 10.4 Å². The zero-order chi connectivity index (χ0) is 24.5. The summed E-state index contributed by atoms with van der Waals surface area (Å²) in [6.07, 6.45) is 0.00149. The number of alkyl halides is 3. The Morgan fingerprint density at radius 3 is 2.29 bits per heavy atom. The summed E-state index contributed by atoms with van der Waals surface area (Å²) in [6, 6.07) is 13.5. The Hall–Kier alpha value is -4.21. The van der Waals surface area contributed by atoms with Crippen molar-refractivity contribution in [1.82, 2.24) is 15.1 Å². The number of hydrogen-bond donors (Lipinski definition) is 2. The standard InChI is InChI=1S/C24H17F4N3O3/c25-17-6-8-18(9-7-17)31-14-19(20(30-31)24(26,27)28)21(32)29-23(22(33)34)12-10-16(11-13-23)15-4-2-1-3-5-15/h1-12,14H,13H2,(H,29,32)(H,33,34). The highest BCUT2D eigenvalue weighted by atomic mass is 19.4. The van der Waals surface area contributed by atoms with Crippen molar-refractivity contribution >= 4 is 17.4 Å². The second-order valence-corrected chi connectivity index (χ2v) is 7.60. The third-order valence-corrected chi connectivity index (χ3v) is 5.34. The quantitative estimate of drug-likeness (QED) is 0.532. The average molecular weight is 471 g/mol. The van der Waals surface area contributed by atoms with Gasteiger partial charge >= 0.3 is 12.1 Å². The van der Waals surface area contributed by atoms with E-state index in [4.69, 9.17) is 0 Å². The van der Waals surface area contributed by atoms with Gasteiger partial charge in [0.2, 0.25) is 0 Å². The van der Waals surface area contributed by atoms with Crippen LogP contribution in [0.15, 0.2) is 79.0 Å². The van der Waals surface area contributed by atoms with Crippen LogP contribution in [-0.4, -0.2) is 32.3 Å².